The molecule has 0 fully saturated rings. The second kappa shape index (κ2) is 10.8. The Bertz CT molecular complexity index is 1080. The third-order valence-electron chi connectivity index (χ3n) is 4.07. The van der Waals surface area contributed by atoms with Crippen LogP contribution < -0.4 is 20.2 Å². The minimum absolute atomic E-state index is 0.142. The van der Waals surface area contributed by atoms with Crippen molar-refractivity contribution in [2.45, 2.75) is 0 Å². The number of carbonyl (C=O) groups is 2. The highest BCUT2D eigenvalue weighted by Gasteiger charge is 2.06. The molecule has 2 amide bonds. The van der Waals surface area contributed by atoms with Crippen LogP contribution in [0, 0.1) is 0 Å². The maximum Gasteiger partial charge on any atom is 0.271 e. The summed E-state index contributed by atoms with van der Waals surface area (Å²) in [5.74, 6) is 0.473. The summed E-state index contributed by atoms with van der Waals surface area (Å²) in [5, 5.41) is 7.19. The SMILES string of the molecule is COc1cccc(C(=O)N/N=C\c2ccc(OCC(=O)Nc3cccc(Cl)c3)cc2)c1. The number of hydrogen-bond donors (Lipinski definition) is 2. The van der Waals surface area contributed by atoms with Crippen molar-refractivity contribution in [1.29, 1.82) is 0 Å². The van der Waals surface area contributed by atoms with Crippen LogP contribution in [-0.4, -0.2) is 31.7 Å². The van der Waals surface area contributed by atoms with Crippen molar-refractivity contribution in [3.05, 3.63) is 88.9 Å². The lowest BCUT2D eigenvalue weighted by molar-refractivity contribution is -0.118. The van der Waals surface area contributed by atoms with E-state index in [1.807, 2.05) is 0 Å². The highest BCUT2D eigenvalue weighted by molar-refractivity contribution is 6.30. The summed E-state index contributed by atoms with van der Waals surface area (Å²) in [6, 6.07) is 20.6. The van der Waals surface area contributed by atoms with Gasteiger partial charge in [-0.3, -0.25) is 9.59 Å². The Morgan fingerprint density at radius 1 is 1.00 bits per heavy atom. The van der Waals surface area contributed by atoms with Crippen LogP contribution in [0.15, 0.2) is 77.9 Å². The lowest BCUT2D eigenvalue weighted by atomic mass is 10.2. The number of ether oxygens (including phenoxy) is 2. The Kier molecular flexibility index (Phi) is 7.61. The van der Waals surface area contributed by atoms with Crippen molar-refractivity contribution in [3.8, 4) is 11.5 Å². The van der Waals surface area contributed by atoms with Gasteiger partial charge in [0.15, 0.2) is 6.61 Å². The molecule has 2 N–H and O–H groups in total. The van der Waals surface area contributed by atoms with E-state index in [2.05, 4.69) is 15.8 Å². The molecule has 0 spiro atoms. The van der Waals surface area contributed by atoms with Gasteiger partial charge in [0, 0.05) is 16.3 Å². The Hall–Kier alpha value is -3.84. The van der Waals surface area contributed by atoms with E-state index in [1.54, 1.807) is 72.8 Å². The van der Waals surface area contributed by atoms with E-state index in [1.165, 1.54) is 13.3 Å². The van der Waals surface area contributed by atoms with Gasteiger partial charge in [0.05, 0.1) is 13.3 Å². The molecule has 0 saturated heterocycles. The van der Waals surface area contributed by atoms with Crippen LogP contribution in [0.25, 0.3) is 0 Å². The number of halogens is 1. The van der Waals surface area contributed by atoms with Gasteiger partial charge in [0.1, 0.15) is 11.5 Å². The van der Waals surface area contributed by atoms with E-state index in [0.717, 1.165) is 5.56 Å². The quantitative estimate of drug-likeness (QED) is 0.409. The predicted molar refractivity (Wildman–Crippen MR) is 120 cm³/mol. The first kappa shape index (κ1) is 21.9. The van der Waals surface area contributed by atoms with Crippen molar-refractivity contribution in [3.63, 3.8) is 0 Å². The summed E-state index contributed by atoms with van der Waals surface area (Å²) < 4.78 is 10.6. The zero-order chi connectivity index (χ0) is 22.1. The van der Waals surface area contributed by atoms with E-state index in [4.69, 9.17) is 21.1 Å². The normalized spacial score (nSPS) is 10.5. The molecule has 7 nitrogen and oxygen atoms in total. The van der Waals surface area contributed by atoms with Gasteiger partial charge in [-0.05, 0) is 66.2 Å². The van der Waals surface area contributed by atoms with E-state index in [9.17, 15) is 9.59 Å². The number of hydrazone groups is 1. The van der Waals surface area contributed by atoms with Gasteiger partial charge in [-0.15, -0.1) is 0 Å². The van der Waals surface area contributed by atoms with Crippen LogP contribution in [0.3, 0.4) is 0 Å². The number of amides is 2. The minimum atomic E-state index is -0.346. The first-order valence-electron chi connectivity index (χ1n) is 9.29. The van der Waals surface area contributed by atoms with Gasteiger partial charge in [-0.1, -0.05) is 23.7 Å². The number of carbonyl (C=O) groups excluding carboxylic acids is 2. The molecule has 0 aliphatic heterocycles. The Morgan fingerprint density at radius 2 is 1.77 bits per heavy atom. The summed E-state index contributed by atoms with van der Waals surface area (Å²) >= 11 is 5.89. The molecule has 31 heavy (non-hydrogen) atoms. The zero-order valence-corrected chi connectivity index (χ0v) is 17.4. The number of anilines is 1. The highest BCUT2D eigenvalue weighted by Crippen LogP contribution is 2.16. The van der Waals surface area contributed by atoms with Gasteiger partial charge < -0.3 is 14.8 Å². The van der Waals surface area contributed by atoms with E-state index in [0.29, 0.717) is 27.8 Å². The second-order valence-electron chi connectivity index (χ2n) is 6.35. The smallest absolute Gasteiger partial charge is 0.271 e. The fourth-order valence-electron chi connectivity index (χ4n) is 2.56. The number of nitrogens with zero attached hydrogens (tertiary/aromatic N) is 1. The minimum Gasteiger partial charge on any atom is -0.497 e. The maximum atomic E-state index is 12.1. The van der Waals surface area contributed by atoms with Gasteiger partial charge in [0.25, 0.3) is 11.8 Å². The van der Waals surface area contributed by atoms with Crippen LogP contribution in [-0.2, 0) is 4.79 Å². The van der Waals surface area contributed by atoms with Crippen LogP contribution in [0.1, 0.15) is 15.9 Å². The van der Waals surface area contributed by atoms with Crippen molar-refractivity contribution in [2.75, 3.05) is 19.0 Å². The molecule has 0 unspecified atom stereocenters. The van der Waals surface area contributed by atoms with Crippen LogP contribution in [0.2, 0.25) is 5.02 Å². The molecule has 3 rings (SSSR count). The first-order chi connectivity index (χ1) is 15.0. The summed E-state index contributed by atoms with van der Waals surface area (Å²) in [5.41, 5.74) is 4.26. The number of benzene rings is 3. The molecule has 0 aliphatic rings. The molecule has 3 aromatic carbocycles. The number of methoxy groups -OCH3 is 1. The molecule has 3 aromatic rings. The summed E-state index contributed by atoms with van der Waals surface area (Å²) in [6.07, 6.45) is 1.51. The van der Waals surface area contributed by atoms with E-state index >= 15 is 0 Å². The fraction of sp³-hybridized carbons (Fsp3) is 0.0870. The van der Waals surface area contributed by atoms with Crippen molar-refractivity contribution in [1.82, 2.24) is 5.43 Å². The summed E-state index contributed by atoms with van der Waals surface area (Å²) in [6.45, 7) is -0.142. The molecule has 0 aromatic heterocycles. The van der Waals surface area contributed by atoms with Crippen LogP contribution >= 0.6 is 11.6 Å². The zero-order valence-electron chi connectivity index (χ0n) is 16.7. The summed E-state index contributed by atoms with van der Waals surface area (Å²) in [4.78, 5) is 24.1. The monoisotopic (exact) mass is 437 g/mol. The second-order valence-corrected chi connectivity index (χ2v) is 6.78. The largest absolute Gasteiger partial charge is 0.497 e. The lowest BCUT2D eigenvalue weighted by Crippen LogP contribution is -2.20. The molecular weight excluding hydrogens is 418 g/mol. The van der Waals surface area contributed by atoms with Crippen LogP contribution in [0.5, 0.6) is 11.5 Å². The number of rotatable bonds is 8. The average Bonchev–Trinajstić information content (AvgIpc) is 2.78. The number of hydrogen-bond acceptors (Lipinski definition) is 5. The van der Waals surface area contributed by atoms with Crippen LogP contribution in [0.4, 0.5) is 5.69 Å². The molecule has 0 saturated carbocycles. The molecule has 0 radical (unpaired) electrons. The highest BCUT2D eigenvalue weighted by atomic mass is 35.5. The molecule has 0 aliphatic carbocycles. The molecule has 0 atom stereocenters. The third-order valence-corrected chi connectivity index (χ3v) is 4.31. The van der Waals surface area contributed by atoms with Gasteiger partial charge in [-0.2, -0.15) is 5.10 Å². The fourth-order valence-corrected chi connectivity index (χ4v) is 2.75. The molecule has 8 heteroatoms. The van der Waals surface area contributed by atoms with Crippen molar-refractivity contribution in [2.24, 2.45) is 5.10 Å². The third kappa shape index (κ3) is 6.87. The Labute approximate surface area is 184 Å². The van der Waals surface area contributed by atoms with Gasteiger partial charge in [-0.25, -0.2) is 5.43 Å². The topological polar surface area (TPSA) is 89.0 Å². The van der Waals surface area contributed by atoms with E-state index < -0.39 is 0 Å². The van der Waals surface area contributed by atoms with Gasteiger partial charge in [0.2, 0.25) is 0 Å². The van der Waals surface area contributed by atoms with Gasteiger partial charge >= 0.3 is 0 Å². The predicted octanol–water partition coefficient (Wildman–Crippen LogP) is 4.13. The Morgan fingerprint density at radius 3 is 2.52 bits per heavy atom. The lowest BCUT2D eigenvalue weighted by Gasteiger charge is -2.08. The molecule has 158 valence electrons. The molecule has 0 bridgehead atoms. The first-order valence-corrected chi connectivity index (χ1v) is 9.67. The maximum absolute atomic E-state index is 12.1. The van der Waals surface area contributed by atoms with Crippen molar-refractivity contribution < 1.29 is 19.1 Å². The number of nitrogens with one attached hydrogen (secondary N) is 2. The van der Waals surface area contributed by atoms with E-state index in [-0.39, 0.29) is 18.4 Å². The molecular formula is C23H20ClN3O4. The average molecular weight is 438 g/mol. The standard InChI is InChI=1S/C23H20ClN3O4/c1-30-21-7-2-4-17(12-21)23(29)27-25-14-16-8-10-20(11-9-16)31-15-22(28)26-19-6-3-5-18(24)13-19/h2-14H,15H2,1H3,(H,26,28)(H,27,29)/b25-14-. The molecule has 0 heterocycles. The Balaban J connectivity index is 1.47. The summed E-state index contributed by atoms with van der Waals surface area (Å²) in [7, 11) is 1.54. The van der Waals surface area contributed by atoms with Crippen molar-refractivity contribution >= 4 is 35.3 Å².